The van der Waals surface area contributed by atoms with Crippen LogP contribution in [0.2, 0.25) is 0 Å². The lowest BCUT2D eigenvalue weighted by molar-refractivity contribution is -0.113. The van der Waals surface area contributed by atoms with Gasteiger partial charge in [0, 0.05) is 17.2 Å². The lowest BCUT2D eigenvalue weighted by atomic mass is 10.1. The summed E-state index contributed by atoms with van der Waals surface area (Å²) in [5.41, 5.74) is 1.64. The number of aromatic nitrogens is 3. The van der Waals surface area contributed by atoms with Crippen LogP contribution in [0.3, 0.4) is 0 Å². The molecule has 1 aliphatic heterocycles. The second-order valence-electron chi connectivity index (χ2n) is 7.48. The van der Waals surface area contributed by atoms with Crippen molar-refractivity contribution in [3.05, 3.63) is 72.2 Å². The lowest BCUT2D eigenvalue weighted by Gasteiger charge is -2.11. The van der Waals surface area contributed by atoms with Crippen molar-refractivity contribution in [3.8, 4) is 22.9 Å². The number of rotatable bonds is 8. The number of furan rings is 1. The summed E-state index contributed by atoms with van der Waals surface area (Å²) in [4.78, 5) is 24.9. The normalized spacial score (nSPS) is 12.0. The third-order valence-electron chi connectivity index (χ3n) is 5.14. The summed E-state index contributed by atoms with van der Waals surface area (Å²) in [6.45, 7) is 1.93. The molecule has 0 spiro atoms. The molecule has 172 valence electrons. The van der Waals surface area contributed by atoms with Crippen LogP contribution < -0.4 is 14.8 Å². The van der Waals surface area contributed by atoms with E-state index in [9.17, 15) is 9.59 Å². The van der Waals surface area contributed by atoms with Gasteiger partial charge in [-0.3, -0.25) is 14.2 Å². The van der Waals surface area contributed by atoms with Gasteiger partial charge in [0.05, 0.1) is 24.2 Å². The Hall–Kier alpha value is -4.05. The van der Waals surface area contributed by atoms with Gasteiger partial charge < -0.3 is 19.2 Å². The van der Waals surface area contributed by atoms with Crippen LogP contribution in [0.4, 0.5) is 5.69 Å². The zero-order valence-electron chi connectivity index (χ0n) is 18.2. The summed E-state index contributed by atoms with van der Waals surface area (Å²) in [6.07, 6.45) is 1.61. The van der Waals surface area contributed by atoms with Gasteiger partial charge in [0.25, 0.3) is 0 Å². The van der Waals surface area contributed by atoms with E-state index in [0.717, 1.165) is 11.3 Å². The fraction of sp³-hybridized carbons (Fsp3) is 0.167. The third-order valence-corrected chi connectivity index (χ3v) is 6.11. The molecule has 0 aliphatic carbocycles. The number of anilines is 1. The van der Waals surface area contributed by atoms with Crippen LogP contribution in [-0.4, -0.2) is 39.0 Å². The van der Waals surface area contributed by atoms with Gasteiger partial charge >= 0.3 is 0 Å². The summed E-state index contributed by atoms with van der Waals surface area (Å²) < 4.78 is 18.1. The van der Waals surface area contributed by atoms with Crippen LogP contribution in [0.1, 0.15) is 23.0 Å². The monoisotopic (exact) mass is 476 g/mol. The Morgan fingerprint density at radius 1 is 1.06 bits per heavy atom. The highest BCUT2D eigenvalue weighted by molar-refractivity contribution is 7.99. The van der Waals surface area contributed by atoms with Gasteiger partial charge in [-0.1, -0.05) is 42.1 Å². The zero-order chi connectivity index (χ0) is 23.5. The van der Waals surface area contributed by atoms with Crippen LogP contribution >= 0.6 is 11.8 Å². The minimum absolute atomic E-state index is 0.0663. The van der Waals surface area contributed by atoms with E-state index in [1.165, 1.54) is 18.7 Å². The van der Waals surface area contributed by atoms with Crippen LogP contribution in [0.5, 0.6) is 11.5 Å². The molecule has 3 heterocycles. The fourth-order valence-electron chi connectivity index (χ4n) is 3.55. The minimum Gasteiger partial charge on any atom is -0.467 e. The SMILES string of the molecule is CC(=O)c1cc2c(cc1NC(=O)CSc1nnc(-c3ccccc3)n1Cc1ccco1)OCO2. The summed E-state index contributed by atoms with van der Waals surface area (Å²) in [7, 11) is 0. The van der Waals surface area contributed by atoms with Crippen molar-refractivity contribution in [2.75, 3.05) is 17.9 Å². The maximum atomic E-state index is 12.8. The van der Waals surface area contributed by atoms with Crippen molar-refractivity contribution in [1.82, 2.24) is 14.8 Å². The Balaban J connectivity index is 1.35. The van der Waals surface area contributed by atoms with Crippen molar-refractivity contribution < 1.29 is 23.5 Å². The quantitative estimate of drug-likeness (QED) is 0.297. The molecule has 0 atom stereocenters. The van der Waals surface area contributed by atoms with Crippen molar-refractivity contribution >= 4 is 29.1 Å². The highest BCUT2D eigenvalue weighted by atomic mass is 32.2. The number of ketones is 1. The molecule has 0 radical (unpaired) electrons. The number of hydrogen-bond acceptors (Lipinski definition) is 8. The molecule has 5 rings (SSSR count). The zero-order valence-corrected chi connectivity index (χ0v) is 19.0. The standard InChI is InChI=1S/C24H20N4O5S/c1-15(29)18-10-20-21(33-14-32-20)11-19(18)25-22(30)13-34-24-27-26-23(16-6-3-2-4-7-16)28(24)12-17-8-5-9-31-17/h2-11H,12-14H2,1H3,(H,25,30). The molecule has 2 aromatic heterocycles. The summed E-state index contributed by atoms with van der Waals surface area (Å²) in [5, 5.41) is 12.0. The van der Waals surface area contributed by atoms with Crippen molar-refractivity contribution in [3.63, 3.8) is 0 Å². The molecule has 0 bridgehead atoms. The second kappa shape index (κ2) is 9.44. The molecule has 1 aliphatic rings. The lowest BCUT2D eigenvalue weighted by Crippen LogP contribution is -2.17. The number of hydrogen-bond donors (Lipinski definition) is 1. The van der Waals surface area contributed by atoms with Gasteiger partial charge in [-0.25, -0.2) is 0 Å². The van der Waals surface area contributed by atoms with Crippen LogP contribution in [-0.2, 0) is 11.3 Å². The van der Waals surface area contributed by atoms with Crippen LogP contribution in [0.15, 0.2) is 70.4 Å². The average molecular weight is 477 g/mol. The topological polar surface area (TPSA) is 108 Å². The number of nitrogens with one attached hydrogen (secondary N) is 1. The maximum absolute atomic E-state index is 12.8. The van der Waals surface area contributed by atoms with E-state index in [1.54, 1.807) is 18.4 Å². The van der Waals surface area contributed by atoms with Gasteiger partial charge in [0.2, 0.25) is 12.7 Å². The van der Waals surface area contributed by atoms with Gasteiger partial charge in [-0.15, -0.1) is 10.2 Å². The molecular weight excluding hydrogens is 456 g/mol. The number of Topliss-reactive ketones (excluding diaryl/α,β-unsaturated/α-hetero) is 1. The van der Waals surface area contributed by atoms with E-state index >= 15 is 0 Å². The molecule has 9 nitrogen and oxygen atoms in total. The fourth-order valence-corrected chi connectivity index (χ4v) is 4.29. The summed E-state index contributed by atoms with van der Waals surface area (Å²) in [5.74, 6) is 1.98. The molecule has 1 N–H and O–H groups in total. The van der Waals surface area contributed by atoms with E-state index in [0.29, 0.717) is 40.3 Å². The Morgan fingerprint density at radius 2 is 1.85 bits per heavy atom. The Morgan fingerprint density at radius 3 is 2.59 bits per heavy atom. The van der Waals surface area contributed by atoms with Gasteiger partial charge in [0.15, 0.2) is 28.3 Å². The number of fused-ring (bicyclic) bond motifs is 1. The van der Waals surface area contributed by atoms with Crippen molar-refractivity contribution in [2.24, 2.45) is 0 Å². The molecule has 1 amide bonds. The predicted octanol–water partition coefficient (Wildman–Crippen LogP) is 4.25. The number of ether oxygens (including phenoxy) is 2. The van der Waals surface area contributed by atoms with E-state index < -0.39 is 0 Å². The Labute approximate surface area is 199 Å². The molecule has 0 saturated carbocycles. The largest absolute Gasteiger partial charge is 0.467 e. The molecule has 2 aromatic carbocycles. The molecule has 10 heteroatoms. The highest BCUT2D eigenvalue weighted by Crippen LogP contribution is 2.37. The smallest absolute Gasteiger partial charge is 0.234 e. The van der Waals surface area contributed by atoms with Gasteiger partial charge in [0.1, 0.15) is 5.76 Å². The number of carbonyl (C=O) groups excluding carboxylic acids is 2. The first-order chi connectivity index (χ1) is 16.6. The molecule has 0 saturated heterocycles. The van der Waals surface area contributed by atoms with Crippen LogP contribution in [0, 0.1) is 0 Å². The first-order valence-electron chi connectivity index (χ1n) is 10.5. The summed E-state index contributed by atoms with van der Waals surface area (Å²) in [6, 6.07) is 16.6. The second-order valence-corrected chi connectivity index (χ2v) is 8.42. The third kappa shape index (κ3) is 4.53. The number of amides is 1. The first kappa shape index (κ1) is 21.8. The van der Waals surface area contributed by atoms with Crippen LogP contribution in [0.25, 0.3) is 11.4 Å². The molecule has 0 fully saturated rings. The number of carbonyl (C=O) groups is 2. The van der Waals surface area contributed by atoms with Gasteiger partial charge in [-0.2, -0.15) is 0 Å². The van der Waals surface area contributed by atoms with Crippen molar-refractivity contribution in [1.29, 1.82) is 0 Å². The van der Waals surface area contributed by atoms with E-state index in [2.05, 4.69) is 15.5 Å². The van der Waals surface area contributed by atoms with E-state index in [4.69, 9.17) is 13.9 Å². The Kier molecular flexibility index (Phi) is 6.05. The van der Waals surface area contributed by atoms with E-state index in [-0.39, 0.29) is 24.2 Å². The highest BCUT2D eigenvalue weighted by Gasteiger charge is 2.21. The molecule has 0 unspecified atom stereocenters. The number of thioether (sulfide) groups is 1. The Bertz CT molecular complexity index is 1340. The first-order valence-corrected chi connectivity index (χ1v) is 11.5. The van der Waals surface area contributed by atoms with Gasteiger partial charge in [-0.05, 0) is 25.1 Å². The van der Waals surface area contributed by atoms with E-state index in [1.807, 2.05) is 47.0 Å². The molecule has 34 heavy (non-hydrogen) atoms. The average Bonchev–Trinajstić information content (AvgIpc) is 3.59. The maximum Gasteiger partial charge on any atom is 0.234 e. The molecule has 4 aromatic rings. The number of nitrogens with zero attached hydrogens (tertiary/aromatic N) is 3. The molecular formula is C24H20N4O5S. The minimum atomic E-state index is -0.292. The number of benzene rings is 2. The summed E-state index contributed by atoms with van der Waals surface area (Å²) >= 11 is 1.25. The van der Waals surface area contributed by atoms with Crippen molar-refractivity contribution in [2.45, 2.75) is 18.6 Å². The predicted molar refractivity (Wildman–Crippen MR) is 125 cm³/mol.